The molecule has 0 unspecified atom stereocenters. The van der Waals surface area contributed by atoms with Gasteiger partial charge in [-0.15, -0.1) is 0 Å². The standard InChI is InChI=1S/C11H13N3O5/c1-17-5-4-12-7-10-13-6-9(18-10)8-2-3-11(19-8)14(15)16/h2-3,6,12H,4-5,7H2,1H3. The Labute approximate surface area is 108 Å². The van der Waals surface area contributed by atoms with Crippen LogP contribution in [-0.2, 0) is 11.3 Å². The summed E-state index contributed by atoms with van der Waals surface area (Å²) < 4.78 is 15.3. The Hall–Kier alpha value is -2.19. The third kappa shape index (κ3) is 3.39. The normalized spacial score (nSPS) is 10.8. The van der Waals surface area contributed by atoms with Crippen LogP contribution in [0.5, 0.6) is 0 Å². The summed E-state index contributed by atoms with van der Waals surface area (Å²) >= 11 is 0. The van der Waals surface area contributed by atoms with E-state index >= 15 is 0 Å². The van der Waals surface area contributed by atoms with Crippen LogP contribution in [0.25, 0.3) is 11.5 Å². The van der Waals surface area contributed by atoms with E-state index in [0.29, 0.717) is 31.3 Å². The SMILES string of the molecule is COCCNCc1ncc(-c2ccc([N+](=O)[O-])o2)o1. The molecule has 0 aliphatic carbocycles. The lowest BCUT2D eigenvalue weighted by Gasteiger charge is -1.99. The summed E-state index contributed by atoms with van der Waals surface area (Å²) in [6.45, 7) is 1.73. The number of rotatable bonds is 7. The summed E-state index contributed by atoms with van der Waals surface area (Å²) in [5.74, 6) is 0.787. The molecule has 0 radical (unpaired) electrons. The number of nitro groups is 1. The molecule has 8 nitrogen and oxygen atoms in total. The molecule has 0 atom stereocenters. The molecule has 0 aromatic carbocycles. The molecule has 2 aromatic heterocycles. The van der Waals surface area contributed by atoms with Gasteiger partial charge in [-0.05, 0) is 6.07 Å². The molecule has 1 N–H and O–H groups in total. The first-order valence-corrected chi connectivity index (χ1v) is 5.59. The smallest absolute Gasteiger partial charge is 0.433 e. The Kier molecular flexibility index (Phi) is 4.26. The number of furan rings is 1. The Bertz CT molecular complexity index is 548. The van der Waals surface area contributed by atoms with Crippen molar-refractivity contribution in [2.75, 3.05) is 20.3 Å². The molecular weight excluding hydrogens is 254 g/mol. The monoisotopic (exact) mass is 267 g/mol. The minimum Gasteiger partial charge on any atom is -0.436 e. The van der Waals surface area contributed by atoms with Crippen LogP contribution in [0, 0.1) is 10.1 Å². The Balaban J connectivity index is 1.97. The number of methoxy groups -OCH3 is 1. The second-order valence-electron chi connectivity index (χ2n) is 3.68. The van der Waals surface area contributed by atoms with Gasteiger partial charge in [0.1, 0.15) is 4.92 Å². The predicted octanol–water partition coefficient (Wildman–Crippen LogP) is 1.58. The Morgan fingerprint density at radius 1 is 1.42 bits per heavy atom. The summed E-state index contributed by atoms with van der Waals surface area (Å²) in [4.78, 5) is 13.9. The van der Waals surface area contributed by atoms with E-state index < -0.39 is 4.92 Å². The second-order valence-corrected chi connectivity index (χ2v) is 3.68. The summed E-state index contributed by atoms with van der Waals surface area (Å²) in [6, 6.07) is 2.75. The van der Waals surface area contributed by atoms with E-state index in [4.69, 9.17) is 13.6 Å². The quantitative estimate of drug-likeness (QED) is 0.461. The molecule has 0 saturated heterocycles. The van der Waals surface area contributed by atoms with Crippen molar-refractivity contribution in [3.8, 4) is 11.5 Å². The van der Waals surface area contributed by atoms with Crippen LogP contribution in [0.3, 0.4) is 0 Å². The first-order valence-electron chi connectivity index (χ1n) is 5.59. The van der Waals surface area contributed by atoms with Gasteiger partial charge in [-0.2, -0.15) is 0 Å². The molecule has 102 valence electrons. The Morgan fingerprint density at radius 3 is 2.95 bits per heavy atom. The number of hydrogen-bond acceptors (Lipinski definition) is 7. The second kappa shape index (κ2) is 6.12. The van der Waals surface area contributed by atoms with Crippen LogP contribution in [0.2, 0.25) is 0 Å². The van der Waals surface area contributed by atoms with Crippen LogP contribution in [0.4, 0.5) is 5.88 Å². The van der Waals surface area contributed by atoms with E-state index in [9.17, 15) is 10.1 Å². The van der Waals surface area contributed by atoms with Gasteiger partial charge in [0.05, 0.1) is 25.4 Å². The first-order chi connectivity index (χ1) is 9.20. The van der Waals surface area contributed by atoms with Crippen LogP contribution >= 0.6 is 0 Å². The molecule has 2 rings (SSSR count). The number of nitrogens with zero attached hydrogens (tertiary/aromatic N) is 2. The third-order valence-electron chi connectivity index (χ3n) is 2.33. The van der Waals surface area contributed by atoms with Crippen molar-refractivity contribution >= 4 is 5.88 Å². The van der Waals surface area contributed by atoms with Gasteiger partial charge in [0, 0.05) is 13.7 Å². The molecular formula is C11H13N3O5. The van der Waals surface area contributed by atoms with Crippen LogP contribution in [-0.4, -0.2) is 30.2 Å². The molecule has 8 heteroatoms. The molecule has 0 fully saturated rings. The van der Waals surface area contributed by atoms with Gasteiger partial charge in [-0.1, -0.05) is 0 Å². The lowest BCUT2D eigenvalue weighted by atomic mass is 10.4. The largest absolute Gasteiger partial charge is 0.436 e. The number of ether oxygens (including phenoxy) is 1. The van der Waals surface area contributed by atoms with Gasteiger partial charge in [0.15, 0.2) is 11.5 Å². The topological polar surface area (TPSA) is 104 Å². The highest BCUT2D eigenvalue weighted by Gasteiger charge is 2.16. The zero-order valence-corrected chi connectivity index (χ0v) is 10.3. The average molecular weight is 267 g/mol. The lowest BCUT2D eigenvalue weighted by Crippen LogP contribution is -2.18. The minimum absolute atomic E-state index is 0.280. The molecule has 0 amide bonds. The fourth-order valence-corrected chi connectivity index (χ4v) is 1.43. The predicted molar refractivity (Wildman–Crippen MR) is 64.4 cm³/mol. The minimum atomic E-state index is -0.604. The lowest BCUT2D eigenvalue weighted by molar-refractivity contribution is -0.401. The maximum atomic E-state index is 10.5. The fraction of sp³-hybridized carbons (Fsp3) is 0.364. The summed E-state index contributed by atoms with van der Waals surface area (Å²) in [5.41, 5.74) is 0. The van der Waals surface area contributed by atoms with Crippen molar-refractivity contribution in [1.82, 2.24) is 10.3 Å². The van der Waals surface area contributed by atoms with Crippen molar-refractivity contribution in [1.29, 1.82) is 0 Å². The van der Waals surface area contributed by atoms with Gasteiger partial charge in [-0.3, -0.25) is 10.1 Å². The number of hydrogen-bond donors (Lipinski definition) is 1. The van der Waals surface area contributed by atoms with Crippen LogP contribution < -0.4 is 5.32 Å². The molecule has 0 bridgehead atoms. The maximum Gasteiger partial charge on any atom is 0.433 e. The van der Waals surface area contributed by atoms with Crippen LogP contribution in [0.1, 0.15) is 5.89 Å². The maximum absolute atomic E-state index is 10.5. The highest BCUT2D eigenvalue weighted by Crippen LogP contribution is 2.26. The van der Waals surface area contributed by atoms with Gasteiger partial charge in [0.2, 0.25) is 5.89 Å². The fourth-order valence-electron chi connectivity index (χ4n) is 1.43. The van der Waals surface area contributed by atoms with Crippen molar-refractivity contribution in [3.05, 3.63) is 34.3 Å². The van der Waals surface area contributed by atoms with Gasteiger partial charge >= 0.3 is 5.88 Å². The number of nitrogens with one attached hydrogen (secondary N) is 1. The zero-order chi connectivity index (χ0) is 13.7. The van der Waals surface area contributed by atoms with Gasteiger partial charge in [0.25, 0.3) is 0 Å². The van der Waals surface area contributed by atoms with E-state index in [0.717, 1.165) is 0 Å². The van der Waals surface area contributed by atoms with E-state index in [2.05, 4.69) is 10.3 Å². The molecule has 2 heterocycles. The van der Waals surface area contributed by atoms with Crippen molar-refractivity contribution in [2.45, 2.75) is 6.54 Å². The highest BCUT2D eigenvalue weighted by atomic mass is 16.6. The van der Waals surface area contributed by atoms with Crippen LogP contribution in [0.15, 0.2) is 27.2 Å². The van der Waals surface area contributed by atoms with E-state index in [-0.39, 0.29) is 11.6 Å². The molecule has 19 heavy (non-hydrogen) atoms. The van der Waals surface area contributed by atoms with Crippen molar-refractivity contribution in [2.24, 2.45) is 0 Å². The first kappa shape index (κ1) is 13.2. The Morgan fingerprint density at radius 2 is 2.26 bits per heavy atom. The number of oxazole rings is 1. The zero-order valence-electron chi connectivity index (χ0n) is 10.3. The number of aromatic nitrogens is 1. The summed E-state index contributed by atoms with van der Waals surface area (Å²) in [7, 11) is 1.62. The van der Waals surface area contributed by atoms with E-state index in [1.807, 2.05) is 0 Å². The molecule has 0 aliphatic rings. The van der Waals surface area contributed by atoms with E-state index in [1.165, 1.54) is 18.3 Å². The average Bonchev–Trinajstić information content (AvgIpc) is 3.03. The molecule has 2 aromatic rings. The van der Waals surface area contributed by atoms with Gasteiger partial charge < -0.3 is 18.9 Å². The van der Waals surface area contributed by atoms with E-state index in [1.54, 1.807) is 7.11 Å². The van der Waals surface area contributed by atoms with Crippen molar-refractivity contribution in [3.63, 3.8) is 0 Å². The highest BCUT2D eigenvalue weighted by molar-refractivity contribution is 5.50. The van der Waals surface area contributed by atoms with Gasteiger partial charge in [-0.25, -0.2) is 4.98 Å². The van der Waals surface area contributed by atoms with Crippen molar-refractivity contribution < 1.29 is 18.5 Å². The third-order valence-corrected chi connectivity index (χ3v) is 2.33. The molecule has 0 aliphatic heterocycles. The molecule has 0 saturated carbocycles. The summed E-state index contributed by atoms with van der Waals surface area (Å²) in [5, 5.41) is 13.6. The summed E-state index contributed by atoms with van der Waals surface area (Å²) in [6.07, 6.45) is 1.47. The molecule has 0 spiro atoms.